The van der Waals surface area contributed by atoms with E-state index in [1.54, 1.807) is 0 Å². The standard InChI is InChI=1S/C24H24O8/c25-17-9-5-15(13-19(17)27)7-11-23(29)31-21-3-1-2-4-22(21)32-24(30)12-8-16-6-10-18(26)20(28)14-16/h5-14,21-22,25-28H,1-4H2/b11-7+,12-8+/t21-,22-/m1/s1. The number of benzene rings is 2. The molecule has 2 atom stereocenters. The van der Waals surface area contributed by atoms with Crippen LogP contribution in [0.25, 0.3) is 12.2 Å². The molecule has 1 saturated carbocycles. The molecule has 1 aliphatic rings. The molecule has 2 aromatic carbocycles. The van der Waals surface area contributed by atoms with Crippen molar-refractivity contribution in [2.45, 2.75) is 37.9 Å². The predicted octanol–water partition coefficient (Wildman–Crippen LogP) is 3.63. The van der Waals surface area contributed by atoms with Crippen LogP contribution in [0.4, 0.5) is 0 Å². The number of hydrogen-bond donors (Lipinski definition) is 4. The second kappa shape index (κ2) is 10.4. The highest BCUT2D eigenvalue weighted by Gasteiger charge is 2.30. The summed E-state index contributed by atoms with van der Waals surface area (Å²) in [6, 6.07) is 8.30. The molecule has 2 aromatic rings. The molecule has 0 unspecified atom stereocenters. The van der Waals surface area contributed by atoms with Gasteiger partial charge < -0.3 is 29.9 Å². The van der Waals surface area contributed by atoms with Crippen molar-refractivity contribution in [2.24, 2.45) is 0 Å². The fourth-order valence-electron chi connectivity index (χ4n) is 3.33. The summed E-state index contributed by atoms with van der Waals surface area (Å²) in [5, 5.41) is 37.7. The first-order valence-corrected chi connectivity index (χ1v) is 10.1. The summed E-state index contributed by atoms with van der Waals surface area (Å²) in [7, 11) is 0. The van der Waals surface area contributed by atoms with Crippen LogP contribution in [0.2, 0.25) is 0 Å². The molecule has 0 heterocycles. The van der Waals surface area contributed by atoms with Crippen LogP contribution < -0.4 is 0 Å². The molecule has 0 aromatic heterocycles. The lowest BCUT2D eigenvalue weighted by Crippen LogP contribution is -2.37. The summed E-state index contributed by atoms with van der Waals surface area (Å²) >= 11 is 0. The van der Waals surface area contributed by atoms with Gasteiger partial charge >= 0.3 is 11.9 Å². The zero-order valence-electron chi connectivity index (χ0n) is 17.2. The van der Waals surface area contributed by atoms with Gasteiger partial charge in [-0.15, -0.1) is 0 Å². The highest BCUT2D eigenvalue weighted by atomic mass is 16.6. The molecule has 8 nitrogen and oxygen atoms in total. The molecule has 0 spiro atoms. The predicted molar refractivity (Wildman–Crippen MR) is 116 cm³/mol. The average molecular weight is 440 g/mol. The molecule has 0 saturated heterocycles. The fraction of sp³-hybridized carbons (Fsp3) is 0.250. The van der Waals surface area contributed by atoms with Crippen LogP contribution in [0.15, 0.2) is 48.6 Å². The van der Waals surface area contributed by atoms with Gasteiger partial charge in [0, 0.05) is 12.2 Å². The van der Waals surface area contributed by atoms with E-state index in [4.69, 9.17) is 9.47 Å². The Kier molecular flexibility index (Phi) is 7.38. The molecular weight excluding hydrogens is 416 g/mol. The summed E-state index contributed by atoms with van der Waals surface area (Å²) in [6.07, 6.45) is 6.94. The van der Waals surface area contributed by atoms with E-state index in [0.29, 0.717) is 24.0 Å². The van der Waals surface area contributed by atoms with Crippen LogP contribution in [-0.4, -0.2) is 44.6 Å². The lowest BCUT2D eigenvalue weighted by atomic mass is 9.94. The quantitative estimate of drug-likeness (QED) is 0.304. The average Bonchev–Trinajstić information content (AvgIpc) is 2.77. The lowest BCUT2D eigenvalue weighted by Gasteiger charge is -2.30. The van der Waals surface area contributed by atoms with Gasteiger partial charge in [0.15, 0.2) is 23.0 Å². The van der Waals surface area contributed by atoms with E-state index in [1.807, 2.05) is 0 Å². The van der Waals surface area contributed by atoms with Crippen molar-refractivity contribution in [3.8, 4) is 23.0 Å². The van der Waals surface area contributed by atoms with Crippen LogP contribution in [-0.2, 0) is 19.1 Å². The number of ether oxygens (including phenoxy) is 2. The van der Waals surface area contributed by atoms with Crippen molar-refractivity contribution in [3.05, 3.63) is 59.7 Å². The van der Waals surface area contributed by atoms with Gasteiger partial charge in [-0.2, -0.15) is 0 Å². The van der Waals surface area contributed by atoms with Crippen LogP contribution in [0.5, 0.6) is 23.0 Å². The molecule has 1 fully saturated rings. The van der Waals surface area contributed by atoms with Crippen molar-refractivity contribution >= 4 is 24.1 Å². The Morgan fingerprint density at radius 1 is 0.688 bits per heavy atom. The van der Waals surface area contributed by atoms with Gasteiger partial charge in [0.2, 0.25) is 0 Å². The Balaban J connectivity index is 1.57. The number of carbonyl (C=O) groups excluding carboxylic acids is 2. The number of hydrogen-bond acceptors (Lipinski definition) is 8. The SMILES string of the molecule is O=C(/C=C/c1ccc(O)c(O)c1)O[C@@H]1CCCC[C@H]1OC(=O)/C=C/c1ccc(O)c(O)c1. The van der Waals surface area contributed by atoms with E-state index in [0.717, 1.165) is 12.8 Å². The van der Waals surface area contributed by atoms with E-state index in [1.165, 1.54) is 60.7 Å². The Labute approximate surface area is 184 Å². The highest BCUT2D eigenvalue weighted by Crippen LogP contribution is 2.27. The second-order valence-corrected chi connectivity index (χ2v) is 7.40. The first-order valence-electron chi connectivity index (χ1n) is 10.1. The molecule has 0 amide bonds. The number of phenols is 4. The normalized spacial score (nSPS) is 18.6. The van der Waals surface area contributed by atoms with Gasteiger partial charge in [0.05, 0.1) is 0 Å². The Bertz CT molecular complexity index is 957. The molecule has 168 valence electrons. The summed E-state index contributed by atoms with van der Waals surface area (Å²) in [4.78, 5) is 24.4. The van der Waals surface area contributed by atoms with Crippen LogP contribution in [0, 0.1) is 0 Å². The fourth-order valence-corrected chi connectivity index (χ4v) is 3.33. The molecule has 32 heavy (non-hydrogen) atoms. The van der Waals surface area contributed by atoms with Gasteiger partial charge in [-0.25, -0.2) is 9.59 Å². The minimum Gasteiger partial charge on any atom is -0.504 e. The van der Waals surface area contributed by atoms with Gasteiger partial charge in [-0.3, -0.25) is 0 Å². The molecule has 3 rings (SSSR count). The van der Waals surface area contributed by atoms with Crippen molar-refractivity contribution in [1.82, 2.24) is 0 Å². The van der Waals surface area contributed by atoms with Crippen LogP contribution in [0.1, 0.15) is 36.8 Å². The number of esters is 2. The van der Waals surface area contributed by atoms with Gasteiger partial charge in [0.1, 0.15) is 12.2 Å². The van der Waals surface area contributed by atoms with Crippen molar-refractivity contribution in [3.63, 3.8) is 0 Å². The number of carbonyl (C=O) groups is 2. The lowest BCUT2D eigenvalue weighted by molar-refractivity contribution is -0.165. The maximum absolute atomic E-state index is 12.2. The van der Waals surface area contributed by atoms with E-state index >= 15 is 0 Å². The molecule has 1 aliphatic carbocycles. The van der Waals surface area contributed by atoms with Crippen molar-refractivity contribution < 1.29 is 39.5 Å². The molecule has 0 bridgehead atoms. The van der Waals surface area contributed by atoms with Crippen LogP contribution in [0.3, 0.4) is 0 Å². The van der Waals surface area contributed by atoms with Gasteiger partial charge in [0.25, 0.3) is 0 Å². The van der Waals surface area contributed by atoms with Crippen LogP contribution >= 0.6 is 0 Å². The van der Waals surface area contributed by atoms with Crippen molar-refractivity contribution in [2.75, 3.05) is 0 Å². The molecule has 4 N–H and O–H groups in total. The smallest absolute Gasteiger partial charge is 0.331 e. The zero-order chi connectivity index (χ0) is 23.1. The molecule has 0 aliphatic heterocycles. The topological polar surface area (TPSA) is 134 Å². The number of rotatable bonds is 6. The maximum Gasteiger partial charge on any atom is 0.331 e. The summed E-state index contributed by atoms with van der Waals surface area (Å²) in [5.74, 6) is -2.33. The van der Waals surface area contributed by atoms with E-state index in [2.05, 4.69) is 0 Å². The molecule has 8 heteroatoms. The monoisotopic (exact) mass is 440 g/mol. The Hall–Kier alpha value is -3.94. The molecular formula is C24H24O8. The number of aromatic hydroxyl groups is 4. The van der Waals surface area contributed by atoms with Gasteiger partial charge in [-0.1, -0.05) is 12.1 Å². The summed E-state index contributed by atoms with van der Waals surface area (Å²) in [6.45, 7) is 0. The zero-order valence-corrected chi connectivity index (χ0v) is 17.2. The summed E-state index contributed by atoms with van der Waals surface area (Å²) < 4.78 is 10.9. The third kappa shape index (κ3) is 6.28. The third-order valence-electron chi connectivity index (χ3n) is 5.00. The van der Waals surface area contributed by atoms with E-state index < -0.39 is 24.1 Å². The minimum absolute atomic E-state index is 0.257. The largest absolute Gasteiger partial charge is 0.504 e. The second-order valence-electron chi connectivity index (χ2n) is 7.40. The molecule has 0 radical (unpaired) electrons. The minimum atomic E-state index is -0.611. The van der Waals surface area contributed by atoms with E-state index in [9.17, 15) is 30.0 Å². The third-order valence-corrected chi connectivity index (χ3v) is 5.00. The van der Waals surface area contributed by atoms with Crippen molar-refractivity contribution in [1.29, 1.82) is 0 Å². The number of phenolic OH excluding ortho intramolecular Hbond substituents is 4. The first kappa shape index (κ1) is 22.7. The Morgan fingerprint density at radius 2 is 1.09 bits per heavy atom. The Morgan fingerprint density at radius 3 is 1.47 bits per heavy atom. The highest BCUT2D eigenvalue weighted by molar-refractivity contribution is 5.88. The first-order chi connectivity index (χ1) is 15.3. The summed E-state index contributed by atoms with van der Waals surface area (Å²) in [5.41, 5.74) is 1.02. The maximum atomic E-state index is 12.2. The van der Waals surface area contributed by atoms with E-state index in [-0.39, 0.29) is 23.0 Å². The van der Waals surface area contributed by atoms with Gasteiger partial charge in [-0.05, 0) is 73.2 Å².